The summed E-state index contributed by atoms with van der Waals surface area (Å²) in [5.74, 6) is 0.682. The number of thiophene rings is 1. The largest absolute Gasteiger partial charge is 0.372 e. The zero-order valence-corrected chi connectivity index (χ0v) is 17.5. The lowest BCUT2D eigenvalue weighted by atomic mass is 9.96. The number of ketones is 1. The molecule has 1 aliphatic rings. The molecule has 1 fully saturated rings. The Morgan fingerprint density at radius 1 is 1.11 bits per heavy atom. The number of carbonyl (C=O) groups excluding carboxylic acids is 2. The SMILES string of the molecule is CN(C)CC1CCN(c2ccc(NC(=O)CCC(=O)c3cccs3)cc2)CC1. The molecule has 2 heterocycles. The highest BCUT2D eigenvalue weighted by atomic mass is 32.1. The third-order valence-corrected chi connectivity index (χ3v) is 6.04. The van der Waals surface area contributed by atoms with Gasteiger partial charge in [-0.15, -0.1) is 11.3 Å². The van der Waals surface area contributed by atoms with Crippen LogP contribution in [-0.4, -0.2) is 50.3 Å². The molecule has 1 aromatic heterocycles. The van der Waals surface area contributed by atoms with Crippen molar-refractivity contribution in [3.63, 3.8) is 0 Å². The average Bonchev–Trinajstić information content (AvgIpc) is 3.22. The van der Waals surface area contributed by atoms with E-state index in [1.807, 2.05) is 23.6 Å². The van der Waals surface area contributed by atoms with Gasteiger partial charge in [0.25, 0.3) is 0 Å². The fraction of sp³-hybridized carbons (Fsp3) is 0.455. The number of carbonyl (C=O) groups is 2. The van der Waals surface area contributed by atoms with Gasteiger partial charge in [0.2, 0.25) is 5.91 Å². The zero-order valence-electron chi connectivity index (χ0n) is 16.7. The maximum absolute atomic E-state index is 12.1. The van der Waals surface area contributed by atoms with Gasteiger partial charge in [-0.05, 0) is 68.6 Å². The molecule has 0 bridgehead atoms. The van der Waals surface area contributed by atoms with E-state index in [4.69, 9.17) is 0 Å². The van der Waals surface area contributed by atoms with Crippen LogP contribution in [0, 0.1) is 5.92 Å². The third kappa shape index (κ3) is 5.91. The topological polar surface area (TPSA) is 52.6 Å². The summed E-state index contributed by atoms with van der Waals surface area (Å²) in [7, 11) is 4.27. The summed E-state index contributed by atoms with van der Waals surface area (Å²) in [6.07, 6.45) is 2.88. The van der Waals surface area contributed by atoms with Gasteiger partial charge >= 0.3 is 0 Å². The monoisotopic (exact) mass is 399 g/mol. The molecule has 0 atom stereocenters. The van der Waals surface area contributed by atoms with Crippen LogP contribution < -0.4 is 10.2 Å². The minimum absolute atomic E-state index is 0.0261. The highest BCUT2D eigenvalue weighted by Crippen LogP contribution is 2.25. The van der Waals surface area contributed by atoms with Gasteiger partial charge in [-0.3, -0.25) is 9.59 Å². The molecule has 1 aliphatic heterocycles. The molecule has 0 radical (unpaired) electrons. The van der Waals surface area contributed by atoms with Crippen molar-refractivity contribution in [3.8, 4) is 0 Å². The van der Waals surface area contributed by atoms with Crippen LogP contribution in [-0.2, 0) is 4.79 Å². The first-order valence-corrected chi connectivity index (χ1v) is 10.8. The van der Waals surface area contributed by atoms with E-state index in [9.17, 15) is 9.59 Å². The molecule has 1 saturated heterocycles. The number of piperidine rings is 1. The van der Waals surface area contributed by atoms with E-state index in [0.29, 0.717) is 4.88 Å². The molecular formula is C22H29N3O2S. The standard InChI is InChI=1S/C22H29N3O2S/c1-24(2)16-17-11-13-25(14-12-17)19-7-5-18(6-8-19)23-22(27)10-9-20(26)21-4-3-15-28-21/h3-8,15,17H,9-14,16H2,1-2H3,(H,23,27). The summed E-state index contributed by atoms with van der Waals surface area (Å²) in [6.45, 7) is 3.32. The molecule has 5 nitrogen and oxygen atoms in total. The number of Topliss-reactive ketones (excluding diaryl/α,β-unsaturated/α-hetero) is 1. The molecular weight excluding hydrogens is 370 g/mol. The van der Waals surface area contributed by atoms with Crippen molar-refractivity contribution in [1.29, 1.82) is 0 Å². The quantitative estimate of drug-likeness (QED) is 0.678. The van der Waals surface area contributed by atoms with E-state index in [0.717, 1.165) is 31.2 Å². The van der Waals surface area contributed by atoms with Gasteiger partial charge in [0.15, 0.2) is 5.78 Å². The second kappa shape index (κ2) is 9.85. The van der Waals surface area contributed by atoms with Crippen molar-refractivity contribution < 1.29 is 9.59 Å². The van der Waals surface area contributed by atoms with Crippen LogP contribution in [0.5, 0.6) is 0 Å². The minimum atomic E-state index is -0.123. The normalized spacial score (nSPS) is 15.0. The smallest absolute Gasteiger partial charge is 0.224 e. The highest BCUT2D eigenvalue weighted by Gasteiger charge is 2.20. The van der Waals surface area contributed by atoms with E-state index in [-0.39, 0.29) is 24.5 Å². The van der Waals surface area contributed by atoms with E-state index in [1.165, 1.54) is 29.9 Å². The van der Waals surface area contributed by atoms with Gasteiger partial charge in [0.1, 0.15) is 0 Å². The Morgan fingerprint density at radius 2 is 1.82 bits per heavy atom. The Kier molecular flexibility index (Phi) is 7.23. The lowest BCUT2D eigenvalue weighted by Gasteiger charge is -2.34. The Balaban J connectivity index is 1.44. The van der Waals surface area contributed by atoms with Gasteiger partial charge in [0, 0.05) is 43.9 Å². The Hall–Kier alpha value is -2.18. The van der Waals surface area contributed by atoms with Gasteiger partial charge < -0.3 is 15.1 Å². The van der Waals surface area contributed by atoms with Crippen molar-refractivity contribution in [2.75, 3.05) is 43.9 Å². The molecule has 2 aromatic rings. The average molecular weight is 400 g/mol. The number of nitrogens with one attached hydrogen (secondary N) is 1. The molecule has 0 saturated carbocycles. The Labute approximate surface area is 171 Å². The number of anilines is 2. The summed E-state index contributed by atoms with van der Waals surface area (Å²) in [5.41, 5.74) is 1.98. The van der Waals surface area contributed by atoms with Crippen LogP contribution in [0.1, 0.15) is 35.4 Å². The predicted molar refractivity (Wildman–Crippen MR) is 116 cm³/mol. The molecule has 0 aliphatic carbocycles. The van der Waals surface area contributed by atoms with Crippen molar-refractivity contribution in [3.05, 3.63) is 46.7 Å². The number of hydrogen-bond donors (Lipinski definition) is 1. The lowest BCUT2D eigenvalue weighted by molar-refractivity contribution is -0.116. The summed E-state index contributed by atoms with van der Waals surface area (Å²) in [4.78, 5) is 29.5. The highest BCUT2D eigenvalue weighted by molar-refractivity contribution is 7.12. The Bertz CT molecular complexity index is 764. The molecule has 6 heteroatoms. The molecule has 150 valence electrons. The molecule has 1 N–H and O–H groups in total. The third-order valence-electron chi connectivity index (χ3n) is 5.13. The molecule has 1 aromatic carbocycles. The summed E-state index contributed by atoms with van der Waals surface area (Å²) < 4.78 is 0. The van der Waals surface area contributed by atoms with E-state index < -0.39 is 0 Å². The van der Waals surface area contributed by atoms with Gasteiger partial charge in [-0.1, -0.05) is 6.07 Å². The number of benzene rings is 1. The second-order valence-electron chi connectivity index (χ2n) is 7.69. The van der Waals surface area contributed by atoms with Gasteiger partial charge in [-0.25, -0.2) is 0 Å². The van der Waals surface area contributed by atoms with E-state index in [2.05, 4.69) is 41.3 Å². The van der Waals surface area contributed by atoms with E-state index in [1.54, 1.807) is 6.07 Å². The van der Waals surface area contributed by atoms with Gasteiger partial charge in [0.05, 0.1) is 4.88 Å². The molecule has 0 unspecified atom stereocenters. The molecule has 0 spiro atoms. The number of rotatable bonds is 8. The van der Waals surface area contributed by atoms with Crippen LogP contribution in [0.3, 0.4) is 0 Å². The van der Waals surface area contributed by atoms with Crippen LogP contribution in [0.15, 0.2) is 41.8 Å². The fourth-order valence-corrected chi connectivity index (χ4v) is 4.35. The van der Waals surface area contributed by atoms with Crippen molar-refractivity contribution in [1.82, 2.24) is 4.90 Å². The van der Waals surface area contributed by atoms with Crippen molar-refractivity contribution >= 4 is 34.4 Å². The second-order valence-corrected chi connectivity index (χ2v) is 8.64. The first kappa shape index (κ1) is 20.6. The number of amides is 1. The summed E-state index contributed by atoms with van der Waals surface area (Å²) in [5, 5.41) is 4.76. The van der Waals surface area contributed by atoms with Crippen LogP contribution in [0.4, 0.5) is 11.4 Å². The summed E-state index contributed by atoms with van der Waals surface area (Å²) in [6, 6.07) is 11.7. The first-order valence-electron chi connectivity index (χ1n) is 9.87. The maximum Gasteiger partial charge on any atom is 0.224 e. The zero-order chi connectivity index (χ0) is 19.9. The Morgan fingerprint density at radius 3 is 2.43 bits per heavy atom. The number of hydrogen-bond acceptors (Lipinski definition) is 5. The van der Waals surface area contributed by atoms with Crippen molar-refractivity contribution in [2.45, 2.75) is 25.7 Å². The van der Waals surface area contributed by atoms with Crippen LogP contribution >= 0.6 is 11.3 Å². The van der Waals surface area contributed by atoms with Crippen LogP contribution in [0.25, 0.3) is 0 Å². The van der Waals surface area contributed by atoms with Crippen LogP contribution in [0.2, 0.25) is 0 Å². The van der Waals surface area contributed by atoms with Gasteiger partial charge in [-0.2, -0.15) is 0 Å². The van der Waals surface area contributed by atoms with E-state index >= 15 is 0 Å². The first-order chi connectivity index (χ1) is 13.5. The minimum Gasteiger partial charge on any atom is -0.372 e. The molecule has 3 rings (SSSR count). The predicted octanol–water partition coefficient (Wildman–Crippen LogP) is 4.13. The van der Waals surface area contributed by atoms with Crippen molar-refractivity contribution in [2.24, 2.45) is 5.92 Å². The molecule has 28 heavy (non-hydrogen) atoms. The molecule has 1 amide bonds. The lowest BCUT2D eigenvalue weighted by Crippen LogP contribution is -2.37. The maximum atomic E-state index is 12.1. The summed E-state index contributed by atoms with van der Waals surface area (Å²) >= 11 is 1.42. The number of nitrogens with zero attached hydrogens (tertiary/aromatic N) is 2. The fourth-order valence-electron chi connectivity index (χ4n) is 3.66.